The van der Waals surface area contributed by atoms with Crippen LogP contribution in [0.5, 0.6) is 0 Å². The largest absolute Gasteiger partial charge is 0.339 e. The smallest absolute Gasteiger partial charge is 0.228 e. The molecule has 0 bridgehead atoms. The first-order chi connectivity index (χ1) is 12.1. The minimum atomic E-state index is -0.336. The topological polar surface area (TPSA) is 92.4 Å². The first kappa shape index (κ1) is 17.1. The summed E-state index contributed by atoms with van der Waals surface area (Å²) in [6.45, 7) is 3.13. The van der Waals surface area contributed by atoms with Crippen LogP contribution in [0.15, 0.2) is 29.0 Å². The number of likely N-dealkylation sites (tertiary alicyclic amines) is 1. The Morgan fingerprint density at radius 3 is 2.84 bits per heavy atom. The van der Waals surface area contributed by atoms with Crippen molar-refractivity contribution in [3.05, 3.63) is 41.8 Å². The lowest BCUT2D eigenvalue weighted by Gasteiger charge is -2.20. The lowest BCUT2D eigenvalue weighted by Crippen LogP contribution is -2.34. The highest BCUT2D eigenvalue weighted by Gasteiger charge is 2.35. The van der Waals surface area contributed by atoms with Gasteiger partial charge in [-0.2, -0.15) is 4.98 Å². The molecule has 0 aliphatic carbocycles. The van der Waals surface area contributed by atoms with Gasteiger partial charge in [0.25, 0.3) is 0 Å². The standard InChI is InChI=1S/C17H21N5O3/c1-3-15-19-14(20-25-15)11-21(2)17(24)13-8-16(23)22(10-13)9-12-4-6-18-7-5-12/h4-7,13H,3,8-11H2,1-2H3. The Morgan fingerprint density at radius 2 is 2.16 bits per heavy atom. The fourth-order valence-corrected chi connectivity index (χ4v) is 2.90. The summed E-state index contributed by atoms with van der Waals surface area (Å²) in [5, 5.41) is 3.86. The van der Waals surface area contributed by atoms with E-state index in [1.54, 1.807) is 29.2 Å². The normalized spacial score (nSPS) is 17.1. The zero-order chi connectivity index (χ0) is 17.8. The average Bonchev–Trinajstić information content (AvgIpc) is 3.22. The fourth-order valence-electron chi connectivity index (χ4n) is 2.90. The van der Waals surface area contributed by atoms with E-state index in [0.717, 1.165) is 5.56 Å². The summed E-state index contributed by atoms with van der Waals surface area (Å²) in [6.07, 6.45) is 4.29. The van der Waals surface area contributed by atoms with Gasteiger partial charge in [0.1, 0.15) is 0 Å². The highest BCUT2D eigenvalue weighted by Crippen LogP contribution is 2.22. The third kappa shape index (κ3) is 4.01. The lowest BCUT2D eigenvalue weighted by atomic mass is 10.1. The van der Waals surface area contributed by atoms with E-state index >= 15 is 0 Å². The number of carbonyl (C=O) groups is 2. The van der Waals surface area contributed by atoms with Gasteiger partial charge in [0.05, 0.1) is 12.5 Å². The first-order valence-electron chi connectivity index (χ1n) is 8.30. The second kappa shape index (κ2) is 7.42. The zero-order valence-corrected chi connectivity index (χ0v) is 14.4. The van der Waals surface area contributed by atoms with Crippen LogP contribution in [-0.2, 0) is 29.1 Å². The monoisotopic (exact) mass is 343 g/mol. The van der Waals surface area contributed by atoms with Crippen molar-refractivity contribution in [1.29, 1.82) is 0 Å². The van der Waals surface area contributed by atoms with Crippen molar-refractivity contribution in [2.24, 2.45) is 5.92 Å². The molecule has 0 spiro atoms. The summed E-state index contributed by atoms with van der Waals surface area (Å²) in [4.78, 5) is 36.3. The molecule has 8 heteroatoms. The van der Waals surface area contributed by atoms with Gasteiger partial charge in [0.2, 0.25) is 17.7 Å². The maximum Gasteiger partial charge on any atom is 0.228 e. The summed E-state index contributed by atoms with van der Waals surface area (Å²) in [6, 6.07) is 3.74. The molecule has 2 aromatic rings. The van der Waals surface area contributed by atoms with E-state index in [1.807, 2.05) is 19.1 Å². The van der Waals surface area contributed by atoms with E-state index in [2.05, 4.69) is 15.1 Å². The van der Waals surface area contributed by atoms with Gasteiger partial charge >= 0.3 is 0 Å². The van der Waals surface area contributed by atoms with Crippen molar-refractivity contribution >= 4 is 11.8 Å². The number of hydrogen-bond donors (Lipinski definition) is 0. The molecule has 1 fully saturated rings. The van der Waals surface area contributed by atoms with Gasteiger partial charge in [-0.1, -0.05) is 12.1 Å². The molecule has 0 aromatic carbocycles. The number of aromatic nitrogens is 3. The van der Waals surface area contributed by atoms with Gasteiger partial charge in [-0.15, -0.1) is 0 Å². The third-order valence-corrected chi connectivity index (χ3v) is 4.25. The van der Waals surface area contributed by atoms with E-state index in [4.69, 9.17) is 4.52 Å². The third-order valence-electron chi connectivity index (χ3n) is 4.25. The van der Waals surface area contributed by atoms with Gasteiger partial charge in [0.15, 0.2) is 5.82 Å². The number of rotatable bonds is 6. The van der Waals surface area contributed by atoms with Gasteiger partial charge in [-0.05, 0) is 17.7 Å². The number of aryl methyl sites for hydroxylation is 1. The molecule has 2 aromatic heterocycles. The Balaban J connectivity index is 1.58. The number of hydrogen-bond acceptors (Lipinski definition) is 6. The van der Waals surface area contributed by atoms with E-state index < -0.39 is 0 Å². The second-order valence-corrected chi connectivity index (χ2v) is 6.18. The van der Waals surface area contributed by atoms with E-state index in [9.17, 15) is 9.59 Å². The fraction of sp³-hybridized carbons (Fsp3) is 0.471. The number of carbonyl (C=O) groups excluding carboxylic acids is 2. The zero-order valence-electron chi connectivity index (χ0n) is 14.4. The molecule has 1 unspecified atom stereocenters. The molecular weight excluding hydrogens is 322 g/mol. The van der Waals surface area contributed by atoms with Gasteiger partial charge in [0, 0.05) is 45.4 Å². The SMILES string of the molecule is CCc1nc(CN(C)C(=O)C2CC(=O)N(Cc3ccncc3)C2)no1. The van der Waals surface area contributed by atoms with Crippen molar-refractivity contribution in [2.45, 2.75) is 32.9 Å². The Morgan fingerprint density at radius 1 is 1.40 bits per heavy atom. The quantitative estimate of drug-likeness (QED) is 0.778. The second-order valence-electron chi connectivity index (χ2n) is 6.18. The van der Waals surface area contributed by atoms with E-state index in [-0.39, 0.29) is 30.7 Å². The van der Waals surface area contributed by atoms with Crippen LogP contribution in [0.3, 0.4) is 0 Å². The van der Waals surface area contributed by atoms with Crippen LogP contribution in [0.25, 0.3) is 0 Å². The highest BCUT2D eigenvalue weighted by molar-refractivity contribution is 5.89. The van der Waals surface area contributed by atoms with Crippen LogP contribution in [-0.4, -0.2) is 50.3 Å². The molecule has 132 valence electrons. The molecule has 0 saturated carbocycles. The lowest BCUT2D eigenvalue weighted by molar-refractivity contribution is -0.135. The molecule has 3 rings (SSSR count). The Hall–Kier alpha value is -2.77. The molecular formula is C17H21N5O3. The molecule has 1 saturated heterocycles. The molecule has 3 heterocycles. The van der Waals surface area contributed by atoms with Crippen LogP contribution >= 0.6 is 0 Å². The van der Waals surface area contributed by atoms with Crippen molar-refractivity contribution < 1.29 is 14.1 Å². The number of nitrogens with zero attached hydrogens (tertiary/aromatic N) is 5. The molecule has 1 aliphatic heterocycles. The van der Waals surface area contributed by atoms with Gasteiger partial charge < -0.3 is 14.3 Å². The minimum Gasteiger partial charge on any atom is -0.339 e. The van der Waals surface area contributed by atoms with Crippen molar-refractivity contribution in [3.8, 4) is 0 Å². The maximum absolute atomic E-state index is 12.6. The Bertz CT molecular complexity index is 746. The predicted octanol–water partition coefficient (Wildman–Crippen LogP) is 1.03. The van der Waals surface area contributed by atoms with Gasteiger partial charge in [-0.3, -0.25) is 14.6 Å². The van der Waals surface area contributed by atoms with Crippen LogP contribution < -0.4 is 0 Å². The molecule has 0 radical (unpaired) electrons. The van der Waals surface area contributed by atoms with Crippen molar-refractivity contribution in [1.82, 2.24) is 24.9 Å². The van der Waals surface area contributed by atoms with Crippen LogP contribution in [0, 0.1) is 5.92 Å². The summed E-state index contributed by atoms with van der Waals surface area (Å²) in [5.74, 6) is 0.614. The first-order valence-corrected chi connectivity index (χ1v) is 8.30. The minimum absolute atomic E-state index is 0.00334. The average molecular weight is 343 g/mol. The van der Waals surface area contributed by atoms with Crippen LogP contribution in [0.1, 0.15) is 30.6 Å². The van der Waals surface area contributed by atoms with Gasteiger partial charge in [-0.25, -0.2) is 0 Å². The van der Waals surface area contributed by atoms with Crippen LogP contribution in [0.4, 0.5) is 0 Å². The molecule has 1 atom stereocenters. The molecule has 1 aliphatic rings. The summed E-state index contributed by atoms with van der Waals surface area (Å²) >= 11 is 0. The Labute approximate surface area is 145 Å². The Kier molecular flexibility index (Phi) is 5.06. The highest BCUT2D eigenvalue weighted by atomic mass is 16.5. The summed E-state index contributed by atoms with van der Waals surface area (Å²) in [7, 11) is 1.69. The maximum atomic E-state index is 12.6. The van der Waals surface area contributed by atoms with E-state index in [0.29, 0.717) is 31.2 Å². The molecule has 8 nitrogen and oxygen atoms in total. The van der Waals surface area contributed by atoms with Crippen molar-refractivity contribution in [3.63, 3.8) is 0 Å². The van der Waals surface area contributed by atoms with Crippen LogP contribution in [0.2, 0.25) is 0 Å². The molecule has 2 amide bonds. The molecule has 25 heavy (non-hydrogen) atoms. The predicted molar refractivity (Wildman–Crippen MR) is 87.9 cm³/mol. The number of amides is 2. The van der Waals surface area contributed by atoms with Crippen molar-refractivity contribution in [2.75, 3.05) is 13.6 Å². The van der Waals surface area contributed by atoms with E-state index in [1.165, 1.54) is 0 Å². The summed E-state index contributed by atoms with van der Waals surface area (Å²) < 4.78 is 5.05. The number of pyridine rings is 1. The molecule has 0 N–H and O–H groups in total. The summed E-state index contributed by atoms with van der Waals surface area (Å²) in [5.41, 5.74) is 1.00.